The maximum atomic E-state index is 13.4. The summed E-state index contributed by atoms with van der Waals surface area (Å²) < 4.78 is 29.9. The van der Waals surface area contributed by atoms with Crippen molar-refractivity contribution in [3.63, 3.8) is 0 Å². The molecule has 2 N–H and O–H groups in total. The quantitative estimate of drug-likeness (QED) is 0.328. The van der Waals surface area contributed by atoms with Crippen molar-refractivity contribution in [3.8, 4) is 11.3 Å². The Labute approximate surface area is 195 Å². The van der Waals surface area contributed by atoms with Crippen LogP contribution < -0.4 is 12.5 Å². The van der Waals surface area contributed by atoms with E-state index in [9.17, 15) is 8.60 Å². The van der Waals surface area contributed by atoms with Gasteiger partial charge in [0.25, 0.3) is 0 Å². The molecule has 0 fully saturated rings. The molecule has 1 unspecified atom stereocenters. The Kier molecular flexibility index (Phi) is 9.11. The zero-order valence-electron chi connectivity index (χ0n) is 15.7. The number of nitrogens with one attached hydrogen (secondary N) is 2. The van der Waals surface area contributed by atoms with Gasteiger partial charge in [0.1, 0.15) is 6.29 Å². The fourth-order valence-corrected chi connectivity index (χ4v) is 6.09. The molecule has 3 radical (unpaired) electrons. The van der Waals surface area contributed by atoms with Crippen LogP contribution in [0.1, 0.15) is 12.5 Å². The number of benzene rings is 1. The molecule has 6 nitrogen and oxygen atoms in total. The second kappa shape index (κ2) is 11.1. The van der Waals surface area contributed by atoms with Gasteiger partial charge in [0.15, 0.2) is 0 Å². The van der Waals surface area contributed by atoms with Gasteiger partial charge in [0.05, 0.1) is 0 Å². The zero-order valence-corrected chi connectivity index (χ0v) is 22.0. The standard InChI is InChI=1S/C16H13ClFN4OS2.C2H4O.Pb/c1-9-5-11(19-2)7-20-15(9)25(23)22-16-21-14(8-24-16)10-3-4-13(18)12(17)6-10;1-2-3;/h3-7,19H,1-2H3,(H,21,22);2H,1H3;. The Morgan fingerprint density at radius 3 is 2.62 bits per heavy atom. The third-order valence-corrected chi connectivity index (χ3v) is 7.97. The summed E-state index contributed by atoms with van der Waals surface area (Å²) in [7, 11) is 0.275. The molecule has 2 heterocycles. The third kappa shape index (κ3) is 6.27. The number of aryl methyl sites for hydroxylation is 1. The molecular formula is C18H17ClFN4O2PbS2. The van der Waals surface area contributed by atoms with Crippen LogP contribution in [0.4, 0.5) is 15.2 Å². The van der Waals surface area contributed by atoms with E-state index in [1.54, 1.807) is 25.4 Å². The Balaban J connectivity index is 0.000000941. The molecule has 0 spiro atoms. The van der Waals surface area contributed by atoms with Gasteiger partial charge in [-0.05, 0) is 6.92 Å². The fraction of sp³-hybridized carbons (Fsp3) is 0.167. The molecular weight excluding hydrogens is 630 g/mol. The van der Waals surface area contributed by atoms with Crippen molar-refractivity contribution in [3.05, 3.63) is 46.9 Å². The topological polar surface area (TPSA) is 84.0 Å². The zero-order chi connectivity index (χ0) is 21.6. The third-order valence-electron chi connectivity index (χ3n) is 3.49. The number of hydrogen-bond donors (Lipinski definition) is 2. The average molecular weight is 647 g/mol. The number of pyridine rings is 1. The first-order chi connectivity index (χ1) is 13.8. The van der Waals surface area contributed by atoms with Crippen LogP contribution in [-0.2, 0) is 15.8 Å². The summed E-state index contributed by atoms with van der Waals surface area (Å²) >= 11 is 8.04. The van der Waals surface area contributed by atoms with E-state index in [0.29, 0.717) is 10.2 Å². The van der Waals surface area contributed by atoms with Gasteiger partial charge in [0, 0.05) is 0 Å². The number of aldehydes is 1. The summed E-state index contributed by atoms with van der Waals surface area (Å²) in [6, 6.07) is 6.39. The first-order valence-electron chi connectivity index (χ1n) is 8.21. The van der Waals surface area contributed by atoms with E-state index in [0.717, 1.165) is 57.0 Å². The Hall–Kier alpha value is -1.44. The first-order valence-corrected chi connectivity index (χ1v) is 12.5. The maximum absolute atomic E-state index is 13.4. The van der Waals surface area contributed by atoms with Crippen molar-refractivity contribution in [2.24, 2.45) is 0 Å². The van der Waals surface area contributed by atoms with E-state index < -0.39 is 16.8 Å². The molecule has 29 heavy (non-hydrogen) atoms. The number of carbonyl (C=O) groups is 1. The van der Waals surface area contributed by atoms with Crippen molar-refractivity contribution >= 4 is 79.2 Å². The summed E-state index contributed by atoms with van der Waals surface area (Å²) in [4.78, 5) is 17.6. The van der Waals surface area contributed by atoms with E-state index in [1.165, 1.54) is 24.3 Å². The van der Waals surface area contributed by atoms with Crippen molar-refractivity contribution in [2.75, 3.05) is 17.1 Å². The van der Waals surface area contributed by atoms with E-state index in [-0.39, 0.29) is 5.02 Å². The molecule has 2 aromatic heterocycles. The van der Waals surface area contributed by atoms with Crippen molar-refractivity contribution in [1.29, 1.82) is 0 Å². The van der Waals surface area contributed by atoms with Gasteiger partial charge in [-0.25, -0.2) is 0 Å². The molecule has 0 aliphatic carbocycles. The summed E-state index contributed by atoms with van der Waals surface area (Å²) in [6.45, 7) is 3.30. The number of carbonyl (C=O) groups excluding carboxylic acids is 1. The summed E-state index contributed by atoms with van der Waals surface area (Å²) in [5.41, 5.74) is 3.15. The van der Waals surface area contributed by atoms with Crippen LogP contribution >= 0.6 is 22.9 Å². The first kappa shape index (κ1) is 23.8. The second-order valence-corrected chi connectivity index (χ2v) is 11.4. The van der Waals surface area contributed by atoms with Gasteiger partial charge < -0.3 is 4.79 Å². The molecule has 0 saturated heterocycles. The number of aromatic nitrogens is 2. The van der Waals surface area contributed by atoms with Crippen LogP contribution in [0.25, 0.3) is 11.3 Å². The fourth-order valence-electron chi connectivity index (χ4n) is 2.22. The average Bonchev–Trinajstić information content (AvgIpc) is 3.04. The van der Waals surface area contributed by atoms with Crippen LogP contribution in [0.15, 0.2) is 35.5 Å². The minimum absolute atomic E-state index is 0.0547. The normalized spacial score (nSPS) is 11.2. The molecule has 0 amide bonds. The van der Waals surface area contributed by atoms with Crippen LogP contribution in [0, 0.1) is 12.7 Å². The second-order valence-electron chi connectivity index (χ2n) is 5.53. The SMILES string of the molecule is CC=O.CNc1cnc(S(=O)Nc2nc(-c3ccc(F)c(Cl)c3)[c]([Pb])s2)c(C)c1. The van der Waals surface area contributed by atoms with E-state index in [2.05, 4.69) is 20.0 Å². The van der Waals surface area contributed by atoms with E-state index >= 15 is 0 Å². The molecule has 0 aliphatic heterocycles. The Bertz CT molecular complexity index is 1050. The van der Waals surface area contributed by atoms with Crippen LogP contribution in [-0.4, -0.2) is 53.3 Å². The van der Waals surface area contributed by atoms with Gasteiger partial charge in [-0.2, -0.15) is 0 Å². The van der Waals surface area contributed by atoms with Crippen LogP contribution in [0.3, 0.4) is 0 Å². The van der Waals surface area contributed by atoms with Crippen molar-refractivity contribution in [1.82, 2.24) is 9.97 Å². The van der Waals surface area contributed by atoms with E-state index in [1.807, 2.05) is 13.0 Å². The number of rotatable bonds is 5. The van der Waals surface area contributed by atoms with Gasteiger partial charge in [-0.15, -0.1) is 0 Å². The van der Waals surface area contributed by atoms with Crippen molar-refractivity contribution < 1.29 is 13.4 Å². The summed E-state index contributed by atoms with van der Waals surface area (Å²) in [6.07, 6.45) is 2.38. The summed E-state index contributed by atoms with van der Waals surface area (Å²) in [5.74, 6) is -0.466. The minimum atomic E-state index is -1.53. The number of thiazole rings is 1. The number of nitrogens with zero attached hydrogens (tertiary/aromatic N) is 2. The van der Waals surface area contributed by atoms with E-state index in [4.69, 9.17) is 16.4 Å². The predicted molar refractivity (Wildman–Crippen MR) is 118 cm³/mol. The molecule has 3 aromatic rings. The van der Waals surface area contributed by atoms with Gasteiger partial charge in [-0.1, -0.05) is 0 Å². The molecule has 151 valence electrons. The Morgan fingerprint density at radius 2 is 2.03 bits per heavy atom. The van der Waals surface area contributed by atoms with Crippen molar-refractivity contribution in [2.45, 2.75) is 18.9 Å². The number of hydrogen-bond acceptors (Lipinski definition) is 6. The monoisotopic (exact) mass is 647 g/mol. The molecule has 0 aliphatic rings. The van der Waals surface area contributed by atoms with Gasteiger partial charge in [-0.3, -0.25) is 0 Å². The molecule has 1 aromatic carbocycles. The van der Waals surface area contributed by atoms with Gasteiger partial charge >= 0.3 is 179 Å². The molecule has 0 bridgehead atoms. The van der Waals surface area contributed by atoms with Crippen LogP contribution in [0.5, 0.6) is 0 Å². The molecule has 11 heteroatoms. The van der Waals surface area contributed by atoms with Crippen LogP contribution in [0.2, 0.25) is 5.02 Å². The number of halogens is 2. The van der Waals surface area contributed by atoms with Gasteiger partial charge in [0.2, 0.25) is 0 Å². The Morgan fingerprint density at radius 1 is 1.34 bits per heavy atom. The number of anilines is 2. The molecule has 0 saturated carbocycles. The summed E-state index contributed by atoms with van der Waals surface area (Å²) in [5, 5.41) is 4.04. The molecule has 1 atom stereocenters. The molecule has 3 rings (SSSR count). The predicted octanol–water partition coefficient (Wildman–Crippen LogP) is 3.48.